The van der Waals surface area contributed by atoms with E-state index in [1.165, 1.54) is 18.7 Å². The van der Waals surface area contributed by atoms with Gasteiger partial charge in [-0.05, 0) is 49.3 Å². The van der Waals surface area contributed by atoms with Gasteiger partial charge < -0.3 is 11.1 Å². The maximum Gasteiger partial charge on any atom is 0.175 e. The van der Waals surface area contributed by atoms with Crippen LogP contribution in [0, 0.1) is 11.8 Å². The van der Waals surface area contributed by atoms with Gasteiger partial charge in [0.2, 0.25) is 0 Å². The molecule has 4 nitrogen and oxygen atoms in total. The van der Waals surface area contributed by atoms with Crippen molar-refractivity contribution in [2.45, 2.75) is 44.0 Å². The molecule has 1 aliphatic rings. The van der Waals surface area contributed by atoms with Crippen LogP contribution in [0.25, 0.3) is 0 Å². The van der Waals surface area contributed by atoms with Crippen LogP contribution in [0.3, 0.4) is 0 Å². The van der Waals surface area contributed by atoms with E-state index in [0.717, 1.165) is 24.4 Å². The molecule has 112 valence electrons. The average Bonchev–Trinajstić information content (AvgIpc) is 2.35. The Morgan fingerprint density at radius 3 is 2.45 bits per heavy atom. The molecule has 2 rings (SSSR count). The second-order valence-electron chi connectivity index (χ2n) is 6.13. The van der Waals surface area contributed by atoms with Gasteiger partial charge in [0.05, 0.1) is 16.3 Å². The highest BCUT2D eigenvalue weighted by Gasteiger charge is 2.24. The summed E-state index contributed by atoms with van der Waals surface area (Å²) in [6.07, 6.45) is 4.69. The molecule has 3 unspecified atom stereocenters. The first kappa shape index (κ1) is 15.2. The molecule has 0 aliphatic heterocycles. The molecule has 0 saturated heterocycles. The lowest BCUT2D eigenvalue weighted by molar-refractivity contribution is 0.261. The van der Waals surface area contributed by atoms with Crippen molar-refractivity contribution in [3.05, 3.63) is 18.2 Å². The molecule has 1 aromatic rings. The Hall–Kier alpha value is -1.23. The van der Waals surface area contributed by atoms with Gasteiger partial charge in [0, 0.05) is 12.3 Å². The Balaban J connectivity index is 2.11. The number of nitrogen functional groups attached to an aromatic ring is 1. The van der Waals surface area contributed by atoms with Crippen LogP contribution < -0.4 is 11.1 Å². The fraction of sp³-hybridized carbons (Fsp3) is 0.600. The van der Waals surface area contributed by atoms with Gasteiger partial charge >= 0.3 is 0 Å². The van der Waals surface area contributed by atoms with Gasteiger partial charge in [0.1, 0.15) is 0 Å². The van der Waals surface area contributed by atoms with E-state index < -0.39 is 9.84 Å². The Labute approximate surface area is 121 Å². The number of sulfone groups is 1. The zero-order chi connectivity index (χ0) is 14.9. The molecular weight excluding hydrogens is 272 g/mol. The van der Waals surface area contributed by atoms with E-state index in [-0.39, 0.29) is 4.90 Å². The summed E-state index contributed by atoms with van der Waals surface area (Å²) in [6, 6.07) is 5.34. The molecule has 1 saturated carbocycles. The fourth-order valence-electron chi connectivity index (χ4n) is 2.80. The van der Waals surface area contributed by atoms with Crippen molar-refractivity contribution >= 4 is 21.2 Å². The van der Waals surface area contributed by atoms with Crippen molar-refractivity contribution in [2.24, 2.45) is 11.8 Å². The highest BCUT2D eigenvalue weighted by Crippen LogP contribution is 2.32. The Bertz CT molecular complexity index is 584. The normalized spacial score (nSPS) is 27.2. The topological polar surface area (TPSA) is 72.2 Å². The van der Waals surface area contributed by atoms with Crippen molar-refractivity contribution < 1.29 is 8.42 Å². The fourth-order valence-corrected chi connectivity index (χ4v) is 3.46. The molecule has 1 fully saturated rings. The van der Waals surface area contributed by atoms with Crippen molar-refractivity contribution in [3.63, 3.8) is 0 Å². The second kappa shape index (κ2) is 5.64. The monoisotopic (exact) mass is 296 g/mol. The van der Waals surface area contributed by atoms with Gasteiger partial charge in [-0.2, -0.15) is 0 Å². The lowest BCUT2D eigenvalue weighted by atomic mass is 9.79. The molecule has 1 aliphatic carbocycles. The molecule has 1 aromatic carbocycles. The Kier molecular flexibility index (Phi) is 4.28. The summed E-state index contributed by atoms with van der Waals surface area (Å²) in [6.45, 7) is 4.59. The van der Waals surface area contributed by atoms with E-state index in [4.69, 9.17) is 5.73 Å². The predicted octanol–water partition coefficient (Wildman–Crippen LogP) is 2.91. The Morgan fingerprint density at radius 1 is 1.20 bits per heavy atom. The van der Waals surface area contributed by atoms with Crippen LogP contribution in [0.2, 0.25) is 0 Å². The van der Waals surface area contributed by atoms with Gasteiger partial charge in [-0.15, -0.1) is 0 Å². The summed E-state index contributed by atoms with van der Waals surface area (Å²) < 4.78 is 23.0. The first-order chi connectivity index (χ1) is 9.27. The van der Waals surface area contributed by atoms with Crippen molar-refractivity contribution in [3.8, 4) is 0 Å². The number of nitrogens with one attached hydrogen (secondary N) is 1. The molecule has 0 radical (unpaired) electrons. The number of rotatable bonds is 3. The molecule has 5 heteroatoms. The van der Waals surface area contributed by atoms with Crippen LogP contribution in [-0.4, -0.2) is 20.7 Å². The van der Waals surface area contributed by atoms with Gasteiger partial charge in [-0.3, -0.25) is 0 Å². The number of hydrogen-bond donors (Lipinski definition) is 2. The third-order valence-electron chi connectivity index (χ3n) is 4.41. The summed E-state index contributed by atoms with van der Waals surface area (Å²) in [4.78, 5) is 0.270. The van der Waals surface area contributed by atoms with E-state index in [2.05, 4.69) is 19.2 Å². The lowest BCUT2D eigenvalue weighted by Gasteiger charge is -2.33. The maximum atomic E-state index is 11.5. The standard InChI is InChI=1S/C15H24N2O2S/c1-10-4-5-12(8-11(10)2)17-15-7-6-13(9-14(15)16)20(3,18)19/h6-7,9-12,17H,4-5,8,16H2,1-3H3. The van der Waals surface area contributed by atoms with E-state index in [9.17, 15) is 8.42 Å². The highest BCUT2D eigenvalue weighted by atomic mass is 32.2. The summed E-state index contributed by atoms with van der Waals surface area (Å²) >= 11 is 0. The minimum absolute atomic E-state index is 0.270. The van der Waals surface area contributed by atoms with Gasteiger partial charge in [0.25, 0.3) is 0 Å². The number of anilines is 2. The van der Waals surface area contributed by atoms with E-state index in [1.54, 1.807) is 12.1 Å². The largest absolute Gasteiger partial charge is 0.397 e. The molecule has 0 aromatic heterocycles. The molecule has 20 heavy (non-hydrogen) atoms. The maximum absolute atomic E-state index is 11.5. The van der Waals surface area contributed by atoms with Crippen molar-refractivity contribution in [2.75, 3.05) is 17.3 Å². The summed E-state index contributed by atoms with van der Waals surface area (Å²) in [7, 11) is -3.20. The minimum Gasteiger partial charge on any atom is -0.397 e. The van der Waals surface area contributed by atoms with Crippen LogP contribution in [0.1, 0.15) is 33.1 Å². The van der Waals surface area contributed by atoms with Crippen LogP contribution in [0.4, 0.5) is 11.4 Å². The van der Waals surface area contributed by atoms with Crippen LogP contribution >= 0.6 is 0 Å². The molecule has 0 amide bonds. The molecule has 3 N–H and O–H groups in total. The third kappa shape index (κ3) is 3.45. The third-order valence-corrected chi connectivity index (χ3v) is 5.52. The smallest absolute Gasteiger partial charge is 0.175 e. The SMILES string of the molecule is CC1CCC(Nc2ccc(S(C)(=O)=O)cc2N)CC1C. The highest BCUT2D eigenvalue weighted by molar-refractivity contribution is 7.90. The van der Waals surface area contributed by atoms with Crippen LogP contribution in [-0.2, 0) is 9.84 Å². The van der Waals surface area contributed by atoms with Gasteiger partial charge in [-0.1, -0.05) is 13.8 Å². The predicted molar refractivity (Wildman–Crippen MR) is 83.6 cm³/mol. The quantitative estimate of drug-likeness (QED) is 0.841. The first-order valence-electron chi connectivity index (χ1n) is 7.13. The second-order valence-corrected chi connectivity index (χ2v) is 8.15. The zero-order valence-electron chi connectivity index (χ0n) is 12.4. The molecule has 0 spiro atoms. The summed E-state index contributed by atoms with van der Waals surface area (Å²) in [5.41, 5.74) is 7.31. The Morgan fingerprint density at radius 2 is 1.90 bits per heavy atom. The van der Waals surface area contributed by atoms with Crippen molar-refractivity contribution in [1.29, 1.82) is 0 Å². The van der Waals surface area contributed by atoms with Gasteiger partial charge in [-0.25, -0.2) is 8.42 Å². The molecule has 0 heterocycles. The van der Waals surface area contributed by atoms with Crippen molar-refractivity contribution in [1.82, 2.24) is 0 Å². The number of benzene rings is 1. The van der Waals surface area contributed by atoms with E-state index in [1.807, 2.05) is 0 Å². The number of nitrogens with two attached hydrogens (primary N) is 1. The van der Waals surface area contributed by atoms with Gasteiger partial charge in [0.15, 0.2) is 9.84 Å². The number of hydrogen-bond acceptors (Lipinski definition) is 4. The lowest BCUT2D eigenvalue weighted by Crippen LogP contribution is -2.30. The van der Waals surface area contributed by atoms with Crippen LogP contribution in [0.15, 0.2) is 23.1 Å². The summed E-state index contributed by atoms with van der Waals surface area (Å²) in [5, 5.41) is 3.46. The summed E-state index contributed by atoms with van der Waals surface area (Å²) in [5.74, 6) is 1.48. The van der Waals surface area contributed by atoms with Crippen LogP contribution in [0.5, 0.6) is 0 Å². The minimum atomic E-state index is -3.20. The molecule has 3 atom stereocenters. The van der Waals surface area contributed by atoms with E-state index >= 15 is 0 Å². The van der Waals surface area contributed by atoms with E-state index in [0.29, 0.717) is 17.6 Å². The molecule has 0 bridgehead atoms. The first-order valence-corrected chi connectivity index (χ1v) is 9.02. The zero-order valence-corrected chi connectivity index (χ0v) is 13.2. The average molecular weight is 296 g/mol. The molecular formula is C15H24N2O2S.